The summed E-state index contributed by atoms with van der Waals surface area (Å²) in [5, 5.41) is 0. The van der Waals surface area contributed by atoms with E-state index in [1.54, 1.807) is 5.57 Å². The molecule has 0 amide bonds. The zero-order valence-electron chi connectivity index (χ0n) is 11.3. The Morgan fingerprint density at radius 3 is 2.56 bits per heavy atom. The van der Waals surface area contributed by atoms with Crippen molar-refractivity contribution in [1.82, 2.24) is 4.90 Å². The predicted molar refractivity (Wildman–Crippen MR) is 72.7 cm³/mol. The average molecular weight is 221 g/mol. The Kier molecular flexibility index (Phi) is 6.47. The summed E-state index contributed by atoms with van der Waals surface area (Å²) in [7, 11) is 2.21. The van der Waals surface area contributed by atoms with Crippen molar-refractivity contribution < 1.29 is 0 Å². The maximum Gasteiger partial charge on any atom is -0.00219 e. The van der Waals surface area contributed by atoms with Gasteiger partial charge in [-0.15, -0.1) is 0 Å². The van der Waals surface area contributed by atoms with E-state index in [1.807, 2.05) is 0 Å². The van der Waals surface area contributed by atoms with Gasteiger partial charge in [-0.1, -0.05) is 36.6 Å². The third-order valence-corrected chi connectivity index (χ3v) is 3.52. The van der Waals surface area contributed by atoms with Gasteiger partial charge in [0.1, 0.15) is 0 Å². The molecule has 92 valence electrons. The highest BCUT2D eigenvalue weighted by atomic mass is 15.1. The third kappa shape index (κ3) is 5.50. The van der Waals surface area contributed by atoms with E-state index in [-0.39, 0.29) is 0 Å². The van der Waals surface area contributed by atoms with Crippen molar-refractivity contribution in [3.8, 4) is 0 Å². The smallest absolute Gasteiger partial charge is 0.00219 e. The van der Waals surface area contributed by atoms with Gasteiger partial charge < -0.3 is 4.90 Å². The summed E-state index contributed by atoms with van der Waals surface area (Å²) in [5.41, 5.74) is 3.20. The van der Waals surface area contributed by atoms with E-state index in [9.17, 15) is 0 Å². The molecule has 0 spiro atoms. The molecular formula is C15H27N. The number of nitrogens with zero attached hydrogens (tertiary/aromatic N) is 1. The molecule has 0 aromatic rings. The molecule has 0 aromatic heterocycles. The van der Waals surface area contributed by atoms with Crippen LogP contribution in [0.15, 0.2) is 23.3 Å². The molecule has 16 heavy (non-hydrogen) atoms. The Morgan fingerprint density at radius 1 is 1.12 bits per heavy atom. The topological polar surface area (TPSA) is 3.24 Å². The standard InChI is InChI=1S/C15H27N/c1-4-16(3)13-7-5-6-8-15-11-9-14(2)10-12-15/h9,11H,4-8,10,12-13H2,1-3H3. The lowest BCUT2D eigenvalue weighted by Crippen LogP contribution is -2.18. The van der Waals surface area contributed by atoms with Gasteiger partial charge in [-0.05, 0) is 59.2 Å². The van der Waals surface area contributed by atoms with Crippen LogP contribution in [-0.4, -0.2) is 25.0 Å². The minimum atomic E-state index is 1.18. The lowest BCUT2D eigenvalue weighted by Gasteiger charge is -2.14. The van der Waals surface area contributed by atoms with E-state index < -0.39 is 0 Å². The van der Waals surface area contributed by atoms with Crippen molar-refractivity contribution in [2.75, 3.05) is 20.1 Å². The summed E-state index contributed by atoms with van der Waals surface area (Å²) in [6, 6.07) is 0. The number of hydrogen-bond donors (Lipinski definition) is 0. The SMILES string of the molecule is CCN(C)CCCCCC1=CC=C(C)CC1. The molecule has 1 aliphatic rings. The Hall–Kier alpha value is -0.560. The molecule has 0 heterocycles. The summed E-state index contributed by atoms with van der Waals surface area (Å²) in [6.07, 6.45) is 12.6. The van der Waals surface area contributed by atoms with Crippen LogP contribution >= 0.6 is 0 Å². The quantitative estimate of drug-likeness (QED) is 0.583. The monoisotopic (exact) mass is 221 g/mol. The summed E-state index contributed by atoms with van der Waals surface area (Å²) in [4.78, 5) is 2.39. The maximum atomic E-state index is 2.39. The van der Waals surface area contributed by atoms with E-state index in [0.717, 1.165) is 0 Å². The van der Waals surface area contributed by atoms with Crippen LogP contribution in [-0.2, 0) is 0 Å². The minimum absolute atomic E-state index is 1.18. The van der Waals surface area contributed by atoms with E-state index in [0.29, 0.717) is 0 Å². The van der Waals surface area contributed by atoms with Crippen LogP contribution in [0.2, 0.25) is 0 Å². The zero-order chi connectivity index (χ0) is 11.8. The van der Waals surface area contributed by atoms with Crippen LogP contribution in [0.25, 0.3) is 0 Å². The van der Waals surface area contributed by atoms with Crippen molar-refractivity contribution in [1.29, 1.82) is 0 Å². The Bertz CT molecular complexity index is 250. The van der Waals surface area contributed by atoms with Gasteiger partial charge in [0.05, 0.1) is 0 Å². The first kappa shape index (κ1) is 13.5. The molecule has 0 saturated carbocycles. The molecule has 1 heteroatoms. The van der Waals surface area contributed by atoms with E-state index in [2.05, 4.69) is 37.9 Å². The van der Waals surface area contributed by atoms with Crippen molar-refractivity contribution >= 4 is 0 Å². The van der Waals surface area contributed by atoms with Gasteiger partial charge in [0.25, 0.3) is 0 Å². The third-order valence-electron chi connectivity index (χ3n) is 3.52. The van der Waals surface area contributed by atoms with Gasteiger partial charge in [-0.25, -0.2) is 0 Å². The van der Waals surface area contributed by atoms with Gasteiger partial charge in [-0.2, -0.15) is 0 Å². The first-order valence-electron chi connectivity index (χ1n) is 6.76. The molecule has 0 radical (unpaired) electrons. The molecule has 0 fully saturated rings. The molecule has 1 rings (SSSR count). The molecule has 1 aliphatic carbocycles. The maximum absolute atomic E-state index is 2.39. The molecule has 0 atom stereocenters. The average Bonchev–Trinajstić information content (AvgIpc) is 2.31. The molecule has 1 nitrogen and oxygen atoms in total. The van der Waals surface area contributed by atoms with Gasteiger partial charge in [0.2, 0.25) is 0 Å². The van der Waals surface area contributed by atoms with Crippen LogP contribution in [0, 0.1) is 0 Å². The van der Waals surface area contributed by atoms with Crippen molar-refractivity contribution in [2.45, 2.75) is 52.4 Å². The highest BCUT2D eigenvalue weighted by Crippen LogP contribution is 2.22. The molecule has 0 aliphatic heterocycles. The molecule has 0 unspecified atom stereocenters. The second-order valence-electron chi connectivity index (χ2n) is 5.04. The van der Waals surface area contributed by atoms with Crippen LogP contribution in [0.1, 0.15) is 52.4 Å². The zero-order valence-corrected chi connectivity index (χ0v) is 11.3. The second-order valence-corrected chi connectivity index (χ2v) is 5.04. The summed E-state index contributed by atoms with van der Waals surface area (Å²) in [6.45, 7) is 6.89. The Balaban J connectivity index is 2.03. The lowest BCUT2D eigenvalue weighted by atomic mass is 9.95. The van der Waals surface area contributed by atoms with Crippen LogP contribution in [0.3, 0.4) is 0 Å². The fraction of sp³-hybridized carbons (Fsp3) is 0.733. The van der Waals surface area contributed by atoms with E-state index >= 15 is 0 Å². The number of hydrogen-bond acceptors (Lipinski definition) is 1. The fourth-order valence-electron chi connectivity index (χ4n) is 2.06. The summed E-state index contributed by atoms with van der Waals surface area (Å²) < 4.78 is 0. The largest absolute Gasteiger partial charge is 0.307 e. The van der Waals surface area contributed by atoms with Crippen molar-refractivity contribution in [3.63, 3.8) is 0 Å². The Labute approximate surface area is 101 Å². The van der Waals surface area contributed by atoms with Gasteiger partial charge >= 0.3 is 0 Å². The molecule has 0 aromatic carbocycles. The molecule has 0 N–H and O–H groups in total. The first-order valence-corrected chi connectivity index (χ1v) is 6.76. The van der Waals surface area contributed by atoms with Gasteiger partial charge in [0.15, 0.2) is 0 Å². The summed E-state index contributed by atoms with van der Waals surface area (Å²) >= 11 is 0. The fourth-order valence-corrected chi connectivity index (χ4v) is 2.06. The highest BCUT2D eigenvalue weighted by Gasteiger charge is 2.03. The second kappa shape index (κ2) is 7.67. The van der Waals surface area contributed by atoms with Crippen LogP contribution in [0.4, 0.5) is 0 Å². The lowest BCUT2D eigenvalue weighted by molar-refractivity contribution is 0.341. The van der Waals surface area contributed by atoms with Crippen LogP contribution in [0.5, 0.6) is 0 Å². The highest BCUT2D eigenvalue weighted by molar-refractivity contribution is 5.22. The summed E-state index contributed by atoms with van der Waals surface area (Å²) in [5.74, 6) is 0. The van der Waals surface area contributed by atoms with Gasteiger partial charge in [0, 0.05) is 0 Å². The number of allylic oxidation sites excluding steroid dienone is 4. The van der Waals surface area contributed by atoms with Crippen molar-refractivity contribution in [3.05, 3.63) is 23.3 Å². The minimum Gasteiger partial charge on any atom is -0.307 e. The van der Waals surface area contributed by atoms with Gasteiger partial charge in [-0.3, -0.25) is 0 Å². The number of rotatable bonds is 7. The van der Waals surface area contributed by atoms with E-state index in [1.165, 1.54) is 57.2 Å². The first-order chi connectivity index (χ1) is 7.72. The number of unbranched alkanes of at least 4 members (excludes halogenated alkanes) is 2. The molecule has 0 saturated heterocycles. The van der Waals surface area contributed by atoms with Crippen molar-refractivity contribution in [2.24, 2.45) is 0 Å². The Morgan fingerprint density at radius 2 is 1.94 bits per heavy atom. The van der Waals surface area contributed by atoms with E-state index in [4.69, 9.17) is 0 Å². The van der Waals surface area contributed by atoms with Crippen LogP contribution < -0.4 is 0 Å². The predicted octanol–water partition coefficient (Wildman–Crippen LogP) is 4.17. The molecular weight excluding hydrogens is 194 g/mol. The molecule has 0 bridgehead atoms. The normalized spacial score (nSPS) is 16.2.